The normalized spacial score (nSPS) is 11.0. The number of nitrogens with zero attached hydrogens (tertiary/aromatic N) is 3. The lowest BCUT2D eigenvalue weighted by atomic mass is 10.2. The number of hydrogen-bond donors (Lipinski definition) is 1. The molecule has 0 aliphatic carbocycles. The Bertz CT molecular complexity index is 623. The molecule has 0 amide bonds. The quantitative estimate of drug-likeness (QED) is 0.441. The lowest BCUT2D eigenvalue weighted by Gasteiger charge is -2.08. The van der Waals surface area contributed by atoms with Crippen molar-refractivity contribution in [2.75, 3.05) is 13.2 Å². The van der Waals surface area contributed by atoms with Crippen LogP contribution in [0.3, 0.4) is 0 Å². The Hall–Kier alpha value is -1.99. The van der Waals surface area contributed by atoms with Crippen LogP contribution in [0.5, 0.6) is 0 Å². The van der Waals surface area contributed by atoms with Crippen LogP contribution in [0.15, 0.2) is 23.0 Å². The SMILES string of the molecule is Cc1ccc2c(c1)[n+]([O-])nc(=O)n2COCCO. The molecular formula is C11H13N3O4. The number of rotatable bonds is 4. The van der Waals surface area contributed by atoms with Crippen LogP contribution in [0.4, 0.5) is 0 Å². The monoisotopic (exact) mass is 251 g/mol. The highest BCUT2D eigenvalue weighted by Gasteiger charge is 2.13. The molecule has 7 heteroatoms. The van der Waals surface area contributed by atoms with Crippen LogP contribution < -0.4 is 10.5 Å². The zero-order valence-corrected chi connectivity index (χ0v) is 9.87. The molecule has 1 aromatic carbocycles. The topological polar surface area (TPSA) is 91.3 Å². The lowest BCUT2D eigenvalue weighted by molar-refractivity contribution is -0.645. The summed E-state index contributed by atoms with van der Waals surface area (Å²) in [5.74, 6) is 0. The maximum Gasteiger partial charge on any atom is 0.411 e. The van der Waals surface area contributed by atoms with Crippen molar-refractivity contribution in [3.63, 3.8) is 0 Å². The molecule has 0 radical (unpaired) electrons. The molecule has 7 nitrogen and oxygen atoms in total. The minimum absolute atomic E-state index is 0.0488. The van der Waals surface area contributed by atoms with Gasteiger partial charge in [-0.15, -0.1) is 0 Å². The Labute approximate surface area is 102 Å². The molecule has 0 unspecified atom stereocenters. The Morgan fingerprint density at radius 3 is 3.06 bits per heavy atom. The summed E-state index contributed by atoms with van der Waals surface area (Å²) in [6.45, 7) is 1.78. The molecule has 0 saturated heterocycles. The van der Waals surface area contributed by atoms with E-state index in [1.54, 1.807) is 18.2 Å². The molecule has 96 valence electrons. The Balaban J connectivity index is 2.54. The number of aliphatic hydroxyl groups excluding tert-OH is 1. The zero-order chi connectivity index (χ0) is 13.1. The molecule has 1 N–H and O–H groups in total. The first kappa shape index (κ1) is 12.5. The van der Waals surface area contributed by atoms with E-state index < -0.39 is 5.69 Å². The van der Waals surface area contributed by atoms with Gasteiger partial charge in [-0.1, -0.05) is 6.07 Å². The highest BCUT2D eigenvalue weighted by atomic mass is 16.5. The van der Waals surface area contributed by atoms with Gasteiger partial charge >= 0.3 is 5.69 Å². The van der Waals surface area contributed by atoms with Gasteiger partial charge in [0.15, 0.2) is 0 Å². The number of benzene rings is 1. The van der Waals surface area contributed by atoms with Gasteiger partial charge in [0.25, 0.3) is 5.52 Å². The van der Waals surface area contributed by atoms with E-state index in [1.807, 2.05) is 6.92 Å². The van der Waals surface area contributed by atoms with Crippen LogP contribution in [-0.4, -0.2) is 28.0 Å². The highest BCUT2D eigenvalue weighted by Crippen LogP contribution is 2.09. The van der Waals surface area contributed by atoms with E-state index in [4.69, 9.17) is 9.84 Å². The minimum atomic E-state index is -0.681. The van der Waals surface area contributed by atoms with Crippen LogP contribution in [0.25, 0.3) is 11.0 Å². The fourth-order valence-corrected chi connectivity index (χ4v) is 1.65. The van der Waals surface area contributed by atoms with Gasteiger partial charge in [0.1, 0.15) is 12.2 Å². The summed E-state index contributed by atoms with van der Waals surface area (Å²) in [6, 6.07) is 5.12. The average Bonchev–Trinajstić information content (AvgIpc) is 2.34. The summed E-state index contributed by atoms with van der Waals surface area (Å²) in [5, 5.41) is 23.5. The third-order valence-electron chi connectivity index (χ3n) is 2.49. The van der Waals surface area contributed by atoms with Gasteiger partial charge in [0.05, 0.1) is 18.3 Å². The maximum atomic E-state index is 11.6. The molecular weight excluding hydrogens is 238 g/mol. The largest absolute Gasteiger partial charge is 0.594 e. The fourth-order valence-electron chi connectivity index (χ4n) is 1.65. The van der Waals surface area contributed by atoms with E-state index in [0.29, 0.717) is 15.9 Å². The first-order valence-electron chi connectivity index (χ1n) is 5.43. The van der Waals surface area contributed by atoms with Gasteiger partial charge < -0.3 is 15.1 Å². The number of aryl methyl sites for hydroxylation is 1. The third-order valence-corrected chi connectivity index (χ3v) is 2.49. The smallest absolute Gasteiger partial charge is 0.411 e. The molecule has 1 aromatic heterocycles. The van der Waals surface area contributed by atoms with E-state index in [9.17, 15) is 10.0 Å². The number of hydrogen-bond acceptors (Lipinski definition) is 5. The van der Waals surface area contributed by atoms with Gasteiger partial charge in [-0.25, -0.2) is 4.79 Å². The maximum absolute atomic E-state index is 11.6. The van der Waals surface area contributed by atoms with E-state index >= 15 is 0 Å². The van der Waals surface area contributed by atoms with E-state index in [-0.39, 0.29) is 19.9 Å². The van der Waals surface area contributed by atoms with Crippen molar-refractivity contribution in [3.05, 3.63) is 39.5 Å². The van der Waals surface area contributed by atoms with Crippen LogP contribution in [0.2, 0.25) is 0 Å². The van der Waals surface area contributed by atoms with Crippen molar-refractivity contribution in [2.24, 2.45) is 0 Å². The second-order valence-electron chi connectivity index (χ2n) is 3.84. The average molecular weight is 251 g/mol. The highest BCUT2D eigenvalue weighted by molar-refractivity contribution is 5.71. The Morgan fingerprint density at radius 2 is 2.33 bits per heavy atom. The van der Waals surface area contributed by atoms with Gasteiger partial charge in [0, 0.05) is 6.07 Å². The molecule has 0 aliphatic rings. The van der Waals surface area contributed by atoms with E-state index in [1.165, 1.54) is 4.57 Å². The zero-order valence-electron chi connectivity index (χ0n) is 9.87. The summed E-state index contributed by atoms with van der Waals surface area (Å²) in [5.41, 5.74) is 0.977. The third kappa shape index (κ3) is 2.31. The van der Waals surface area contributed by atoms with Gasteiger partial charge in [0.2, 0.25) is 0 Å². The first-order chi connectivity index (χ1) is 8.63. The van der Waals surface area contributed by atoms with Crippen LogP contribution in [0, 0.1) is 12.1 Å². The molecule has 0 fully saturated rings. The first-order valence-corrected chi connectivity index (χ1v) is 5.43. The second kappa shape index (κ2) is 5.11. The van der Waals surface area contributed by atoms with Gasteiger partial charge in [-0.3, -0.25) is 4.57 Å². The summed E-state index contributed by atoms with van der Waals surface area (Å²) >= 11 is 0. The van der Waals surface area contributed by atoms with E-state index in [2.05, 4.69) is 5.10 Å². The van der Waals surface area contributed by atoms with Crippen molar-refractivity contribution in [3.8, 4) is 0 Å². The predicted octanol–water partition coefficient (Wildman–Crippen LogP) is -0.695. The van der Waals surface area contributed by atoms with Crippen molar-refractivity contribution < 1.29 is 14.7 Å². The molecule has 0 spiro atoms. The second-order valence-corrected chi connectivity index (χ2v) is 3.84. The molecule has 0 bridgehead atoms. The van der Waals surface area contributed by atoms with Crippen LogP contribution >= 0.6 is 0 Å². The fraction of sp³-hybridized carbons (Fsp3) is 0.364. The Kier molecular flexibility index (Phi) is 3.54. The van der Waals surface area contributed by atoms with Gasteiger partial charge in [-0.2, -0.15) is 0 Å². The van der Waals surface area contributed by atoms with Crippen LogP contribution in [0.1, 0.15) is 5.56 Å². The molecule has 0 atom stereocenters. The summed E-state index contributed by atoms with van der Waals surface area (Å²) in [4.78, 5) is 11.9. The number of fused-ring (bicyclic) bond motifs is 1. The summed E-state index contributed by atoms with van der Waals surface area (Å²) in [6.07, 6.45) is 0. The number of aromatic nitrogens is 3. The standard InChI is InChI=1S/C11H13N3O4/c1-8-2-3-9-10(6-8)14(17)12-11(16)13(9)7-18-5-4-15/h2-3,6,15H,4-5,7H2,1H3. The molecule has 1 heterocycles. The molecule has 2 aromatic rings. The number of ether oxygens (including phenoxy) is 1. The van der Waals surface area contributed by atoms with Crippen molar-refractivity contribution in [1.82, 2.24) is 9.67 Å². The molecule has 2 rings (SSSR count). The summed E-state index contributed by atoms with van der Waals surface area (Å²) < 4.78 is 6.34. The van der Waals surface area contributed by atoms with Gasteiger partial charge in [-0.05, 0) is 23.4 Å². The van der Waals surface area contributed by atoms with Crippen LogP contribution in [-0.2, 0) is 11.5 Å². The molecule has 18 heavy (non-hydrogen) atoms. The van der Waals surface area contributed by atoms with Crippen molar-refractivity contribution in [1.29, 1.82) is 0 Å². The Morgan fingerprint density at radius 1 is 1.56 bits per heavy atom. The summed E-state index contributed by atoms with van der Waals surface area (Å²) in [7, 11) is 0. The van der Waals surface area contributed by atoms with E-state index in [0.717, 1.165) is 5.56 Å². The lowest BCUT2D eigenvalue weighted by Crippen LogP contribution is -2.43. The molecule has 0 saturated carbocycles. The minimum Gasteiger partial charge on any atom is -0.594 e. The molecule has 0 aliphatic heterocycles. The number of aliphatic hydroxyl groups is 1. The van der Waals surface area contributed by atoms with Crippen molar-refractivity contribution in [2.45, 2.75) is 13.7 Å². The predicted molar refractivity (Wildman–Crippen MR) is 62.7 cm³/mol. The van der Waals surface area contributed by atoms with Crippen molar-refractivity contribution >= 4 is 11.0 Å².